The van der Waals surface area contributed by atoms with Crippen LogP contribution in [0.25, 0.3) is 0 Å². The summed E-state index contributed by atoms with van der Waals surface area (Å²) in [7, 11) is -1.61. The number of hydrogen-bond acceptors (Lipinski definition) is 4. The Morgan fingerprint density at radius 2 is 2.11 bits per heavy atom. The molecule has 1 heterocycles. The summed E-state index contributed by atoms with van der Waals surface area (Å²) >= 11 is 0. The predicted molar refractivity (Wildman–Crippen MR) is 75.6 cm³/mol. The second kappa shape index (κ2) is 7.45. The number of ether oxygens (including phenoxy) is 1. The van der Waals surface area contributed by atoms with E-state index in [0.717, 1.165) is 12.0 Å². The SMILES string of the molecule is CCCCS(=O)(=O)N(C)Cc1cccnc1OCC. The zero-order chi connectivity index (χ0) is 14.3. The molecule has 5 nitrogen and oxygen atoms in total. The van der Waals surface area contributed by atoms with Crippen molar-refractivity contribution in [2.24, 2.45) is 0 Å². The first kappa shape index (κ1) is 15.9. The lowest BCUT2D eigenvalue weighted by Crippen LogP contribution is -2.29. The average Bonchev–Trinajstić information content (AvgIpc) is 2.39. The smallest absolute Gasteiger partial charge is 0.217 e. The van der Waals surface area contributed by atoms with Crippen molar-refractivity contribution >= 4 is 10.0 Å². The number of sulfonamides is 1. The number of nitrogens with zero attached hydrogens (tertiary/aromatic N) is 2. The van der Waals surface area contributed by atoms with Crippen LogP contribution in [0.5, 0.6) is 5.88 Å². The van der Waals surface area contributed by atoms with Crippen LogP contribution in [0.4, 0.5) is 0 Å². The Morgan fingerprint density at radius 1 is 1.37 bits per heavy atom. The van der Waals surface area contributed by atoms with Crippen molar-refractivity contribution in [1.82, 2.24) is 9.29 Å². The Hall–Kier alpha value is -1.14. The maximum absolute atomic E-state index is 12.0. The normalized spacial score (nSPS) is 11.8. The maximum atomic E-state index is 12.0. The van der Waals surface area contributed by atoms with E-state index in [1.54, 1.807) is 19.3 Å². The molecule has 0 bridgehead atoms. The molecule has 0 aliphatic carbocycles. The Labute approximate surface area is 115 Å². The van der Waals surface area contributed by atoms with Crippen molar-refractivity contribution in [3.05, 3.63) is 23.9 Å². The van der Waals surface area contributed by atoms with E-state index in [9.17, 15) is 8.42 Å². The van der Waals surface area contributed by atoms with Crippen LogP contribution in [0.3, 0.4) is 0 Å². The summed E-state index contributed by atoms with van der Waals surface area (Å²) in [5, 5.41) is 0. The molecular weight excluding hydrogens is 264 g/mol. The van der Waals surface area contributed by atoms with Crippen LogP contribution in [0.1, 0.15) is 32.3 Å². The molecule has 0 aromatic carbocycles. The van der Waals surface area contributed by atoms with Crippen molar-refractivity contribution in [3.63, 3.8) is 0 Å². The molecule has 108 valence electrons. The molecule has 0 fully saturated rings. The predicted octanol–water partition coefficient (Wildman–Crippen LogP) is 2.04. The minimum absolute atomic E-state index is 0.185. The lowest BCUT2D eigenvalue weighted by atomic mass is 10.3. The van der Waals surface area contributed by atoms with Crippen molar-refractivity contribution in [2.75, 3.05) is 19.4 Å². The van der Waals surface area contributed by atoms with Crippen LogP contribution in [0.2, 0.25) is 0 Å². The van der Waals surface area contributed by atoms with Crippen LogP contribution < -0.4 is 4.74 Å². The first-order chi connectivity index (χ1) is 9.01. The third-order valence-electron chi connectivity index (χ3n) is 2.75. The van der Waals surface area contributed by atoms with Gasteiger partial charge in [0.25, 0.3) is 0 Å². The van der Waals surface area contributed by atoms with Gasteiger partial charge in [-0.1, -0.05) is 19.4 Å². The van der Waals surface area contributed by atoms with E-state index in [-0.39, 0.29) is 12.3 Å². The monoisotopic (exact) mass is 286 g/mol. The second-order valence-electron chi connectivity index (χ2n) is 4.33. The van der Waals surface area contributed by atoms with Gasteiger partial charge in [0.2, 0.25) is 15.9 Å². The van der Waals surface area contributed by atoms with Gasteiger partial charge in [-0.25, -0.2) is 17.7 Å². The summed E-state index contributed by atoms with van der Waals surface area (Å²) in [5.74, 6) is 0.687. The van der Waals surface area contributed by atoms with Crippen molar-refractivity contribution in [1.29, 1.82) is 0 Å². The average molecular weight is 286 g/mol. The summed E-state index contributed by atoms with van der Waals surface area (Å²) < 4.78 is 30.8. The highest BCUT2D eigenvalue weighted by atomic mass is 32.2. The topological polar surface area (TPSA) is 59.5 Å². The molecular formula is C13H22N2O3S. The first-order valence-electron chi connectivity index (χ1n) is 6.52. The molecule has 1 rings (SSSR count). The second-order valence-corrected chi connectivity index (χ2v) is 6.52. The van der Waals surface area contributed by atoms with Crippen LogP contribution in [0, 0.1) is 0 Å². The summed E-state index contributed by atoms with van der Waals surface area (Å²) in [6, 6.07) is 3.62. The van der Waals surface area contributed by atoms with Crippen molar-refractivity contribution in [2.45, 2.75) is 33.2 Å². The van der Waals surface area contributed by atoms with Crippen molar-refractivity contribution < 1.29 is 13.2 Å². The standard InChI is InChI=1S/C13H22N2O3S/c1-4-6-10-19(16,17)15(3)11-12-8-7-9-14-13(12)18-5-2/h7-9H,4-6,10-11H2,1-3H3. The molecule has 0 N–H and O–H groups in total. The molecule has 0 radical (unpaired) electrons. The van der Waals surface area contributed by atoms with Crippen LogP contribution in [-0.2, 0) is 16.6 Å². The highest BCUT2D eigenvalue weighted by Crippen LogP contribution is 2.18. The lowest BCUT2D eigenvalue weighted by molar-refractivity contribution is 0.318. The summed E-state index contributed by atoms with van der Waals surface area (Å²) in [6.07, 6.45) is 3.18. The minimum atomic E-state index is -3.20. The molecule has 0 atom stereocenters. The molecule has 6 heteroatoms. The lowest BCUT2D eigenvalue weighted by Gasteiger charge is -2.18. The van der Waals surface area contributed by atoms with Gasteiger partial charge in [-0.3, -0.25) is 0 Å². The number of aromatic nitrogens is 1. The number of rotatable bonds is 8. The Kier molecular flexibility index (Phi) is 6.24. The largest absolute Gasteiger partial charge is 0.478 e. The molecule has 0 saturated carbocycles. The third-order valence-corrected chi connectivity index (χ3v) is 4.64. The molecule has 19 heavy (non-hydrogen) atoms. The summed E-state index contributed by atoms with van der Waals surface area (Å²) in [4.78, 5) is 4.12. The van der Waals surface area contributed by atoms with Gasteiger partial charge in [-0.2, -0.15) is 0 Å². The highest BCUT2D eigenvalue weighted by molar-refractivity contribution is 7.89. The van der Waals surface area contributed by atoms with E-state index in [0.29, 0.717) is 18.9 Å². The Morgan fingerprint density at radius 3 is 2.74 bits per heavy atom. The van der Waals surface area contributed by atoms with Crippen LogP contribution in [0.15, 0.2) is 18.3 Å². The maximum Gasteiger partial charge on any atom is 0.217 e. The first-order valence-corrected chi connectivity index (χ1v) is 8.12. The van der Waals surface area contributed by atoms with Gasteiger partial charge in [0, 0.05) is 25.4 Å². The summed E-state index contributed by atoms with van der Waals surface area (Å²) in [5.41, 5.74) is 0.784. The molecule has 0 unspecified atom stereocenters. The quantitative estimate of drug-likeness (QED) is 0.734. The van der Waals surface area contributed by atoms with Crippen molar-refractivity contribution in [3.8, 4) is 5.88 Å². The van der Waals surface area contributed by atoms with E-state index < -0.39 is 10.0 Å². The number of hydrogen-bond donors (Lipinski definition) is 0. The fourth-order valence-electron chi connectivity index (χ4n) is 1.63. The molecule has 0 saturated heterocycles. The van der Waals surface area contributed by atoms with E-state index in [1.807, 2.05) is 19.9 Å². The summed E-state index contributed by atoms with van der Waals surface area (Å²) in [6.45, 7) is 4.65. The zero-order valence-corrected chi connectivity index (χ0v) is 12.6. The van der Waals surface area contributed by atoms with E-state index in [2.05, 4.69) is 4.98 Å². The van der Waals surface area contributed by atoms with Gasteiger partial charge in [0.05, 0.1) is 12.4 Å². The van der Waals surface area contributed by atoms with Gasteiger partial charge in [0.1, 0.15) is 0 Å². The molecule has 0 spiro atoms. The zero-order valence-electron chi connectivity index (χ0n) is 11.8. The van der Waals surface area contributed by atoms with Crippen LogP contribution >= 0.6 is 0 Å². The van der Waals surface area contributed by atoms with Crippen LogP contribution in [-0.4, -0.2) is 37.1 Å². The number of pyridine rings is 1. The van der Waals surface area contributed by atoms with E-state index >= 15 is 0 Å². The molecule has 1 aromatic rings. The Bertz CT molecular complexity index is 488. The van der Waals surface area contributed by atoms with E-state index in [4.69, 9.17) is 4.74 Å². The van der Waals surface area contributed by atoms with Gasteiger partial charge in [-0.05, 0) is 19.4 Å². The minimum Gasteiger partial charge on any atom is -0.478 e. The van der Waals surface area contributed by atoms with Gasteiger partial charge in [0.15, 0.2) is 0 Å². The molecule has 0 aliphatic rings. The molecule has 0 aliphatic heterocycles. The fraction of sp³-hybridized carbons (Fsp3) is 0.615. The van der Waals surface area contributed by atoms with Gasteiger partial charge >= 0.3 is 0 Å². The van der Waals surface area contributed by atoms with Gasteiger partial charge < -0.3 is 4.74 Å². The highest BCUT2D eigenvalue weighted by Gasteiger charge is 2.19. The molecule has 0 amide bonds. The Balaban J connectivity index is 2.79. The number of unbranched alkanes of at least 4 members (excludes halogenated alkanes) is 1. The third kappa shape index (κ3) is 4.80. The molecule has 1 aromatic heterocycles. The van der Waals surface area contributed by atoms with E-state index in [1.165, 1.54) is 4.31 Å². The van der Waals surface area contributed by atoms with Gasteiger partial charge in [-0.15, -0.1) is 0 Å². The fourth-order valence-corrected chi connectivity index (χ4v) is 2.93.